The second-order valence-electron chi connectivity index (χ2n) is 3.74. The summed E-state index contributed by atoms with van der Waals surface area (Å²) in [5.41, 5.74) is 0. The van der Waals surface area contributed by atoms with Gasteiger partial charge in [-0.2, -0.15) is 0 Å². The number of rotatable bonds is 3. The highest BCUT2D eigenvalue weighted by Crippen LogP contribution is 2.14. The summed E-state index contributed by atoms with van der Waals surface area (Å²) in [6, 6.07) is 0.845. The monoisotopic (exact) mass is 170 g/mol. The van der Waals surface area contributed by atoms with E-state index < -0.39 is 0 Å². The molecule has 1 aliphatic heterocycles. The highest BCUT2D eigenvalue weighted by Gasteiger charge is 2.19. The van der Waals surface area contributed by atoms with Crippen molar-refractivity contribution in [3.8, 4) is 0 Å². The van der Waals surface area contributed by atoms with Crippen molar-refractivity contribution in [3.63, 3.8) is 0 Å². The molecule has 1 fully saturated rings. The van der Waals surface area contributed by atoms with Crippen LogP contribution in [-0.2, 0) is 0 Å². The number of hydrogen-bond acceptors (Lipinski definition) is 2. The molecule has 0 aromatic rings. The maximum atomic E-state index is 2.54. The van der Waals surface area contributed by atoms with Gasteiger partial charge in [-0.1, -0.05) is 13.8 Å². The molecule has 0 radical (unpaired) electrons. The van der Waals surface area contributed by atoms with Crippen LogP contribution in [0.2, 0.25) is 0 Å². The molecule has 0 bridgehead atoms. The van der Waals surface area contributed by atoms with Crippen molar-refractivity contribution < 1.29 is 0 Å². The topological polar surface area (TPSA) is 6.48 Å². The molecule has 1 saturated heterocycles. The van der Waals surface area contributed by atoms with Crippen LogP contribution in [0.25, 0.3) is 0 Å². The van der Waals surface area contributed by atoms with Gasteiger partial charge in [-0.05, 0) is 46.1 Å². The molecule has 0 amide bonds. The molecule has 0 spiro atoms. The molecule has 1 heterocycles. The van der Waals surface area contributed by atoms with Crippen LogP contribution < -0.4 is 0 Å². The maximum Gasteiger partial charge on any atom is 0.0116 e. The Hall–Kier alpha value is -0.0800. The van der Waals surface area contributed by atoms with E-state index in [9.17, 15) is 0 Å². The summed E-state index contributed by atoms with van der Waals surface area (Å²) < 4.78 is 0. The number of piperidine rings is 1. The number of nitrogens with zero attached hydrogens (tertiary/aromatic N) is 2. The molecule has 0 atom stereocenters. The van der Waals surface area contributed by atoms with Gasteiger partial charge in [0.15, 0.2) is 0 Å². The van der Waals surface area contributed by atoms with Gasteiger partial charge in [0.05, 0.1) is 0 Å². The molecule has 0 N–H and O–H groups in total. The molecule has 0 aromatic heterocycles. The third-order valence-electron chi connectivity index (χ3n) is 3.13. The average Bonchev–Trinajstić information content (AvgIpc) is 2.17. The molecule has 0 aromatic carbocycles. The minimum absolute atomic E-state index is 0.845. The lowest BCUT2D eigenvalue weighted by Crippen LogP contribution is -2.43. The van der Waals surface area contributed by atoms with E-state index in [-0.39, 0.29) is 0 Å². The van der Waals surface area contributed by atoms with Crippen LogP contribution in [0.15, 0.2) is 0 Å². The Morgan fingerprint density at radius 3 is 2.25 bits per heavy atom. The summed E-state index contributed by atoms with van der Waals surface area (Å²) in [6.07, 6.45) is 2.72. The first-order chi connectivity index (χ1) is 5.77. The van der Waals surface area contributed by atoms with Gasteiger partial charge in [-0.15, -0.1) is 0 Å². The molecular weight excluding hydrogens is 148 g/mol. The Morgan fingerprint density at radius 2 is 1.83 bits per heavy atom. The van der Waals surface area contributed by atoms with Crippen molar-refractivity contribution in [2.45, 2.75) is 32.7 Å². The van der Waals surface area contributed by atoms with Crippen LogP contribution in [0.1, 0.15) is 26.7 Å². The van der Waals surface area contributed by atoms with E-state index in [1.807, 2.05) is 0 Å². The fraction of sp³-hybridized carbons (Fsp3) is 1.00. The van der Waals surface area contributed by atoms with Crippen LogP contribution >= 0.6 is 0 Å². The summed E-state index contributed by atoms with van der Waals surface area (Å²) in [6.45, 7) is 9.51. The minimum Gasteiger partial charge on any atom is -0.304 e. The molecule has 12 heavy (non-hydrogen) atoms. The lowest BCUT2D eigenvalue weighted by Gasteiger charge is -2.35. The fourth-order valence-corrected chi connectivity index (χ4v) is 1.93. The summed E-state index contributed by atoms with van der Waals surface area (Å²) in [7, 11) is 2.24. The van der Waals surface area contributed by atoms with Gasteiger partial charge >= 0.3 is 0 Å². The van der Waals surface area contributed by atoms with E-state index in [0.717, 1.165) is 6.04 Å². The van der Waals surface area contributed by atoms with E-state index >= 15 is 0 Å². The quantitative estimate of drug-likeness (QED) is 0.632. The van der Waals surface area contributed by atoms with Gasteiger partial charge < -0.3 is 9.80 Å². The van der Waals surface area contributed by atoms with Crippen LogP contribution in [0.4, 0.5) is 0 Å². The second kappa shape index (κ2) is 4.83. The molecular formula is C10H22N2. The van der Waals surface area contributed by atoms with Crippen molar-refractivity contribution in [3.05, 3.63) is 0 Å². The zero-order valence-electron chi connectivity index (χ0n) is 8.71. The Kier molecular flexibility index (Phi) is 4.02. The minimum atomic E-state index is 0.845. The maximum absolute atomic E-state index is 2.54. The highest BCUT2D eigenvalue weighted by molar-refractivity contribution is 4.76. The van der Waals surface area contributed by atoms with Gasteiger partial charge in [0.2, 0.25) is 0 Å². The fourth-order valence-electron chi connectivity index (χ4n) is 1.93. The van der Waals surface area contributed by atoms with Crippen LogP contribution in [0, 0.1) is 0 Å². The Bertz CT molecular complexity index is 117. The van der Waals surface area contributed by atoms with Crippen LogP contribution in [-0.4, -0.2) is 49.1 Å². The van der Waals surface area contributed by atoms with Gasteiger partial charge in [0, 0.05) is 6.04 Å². The number of hydrogen-bond donors (Lipinski definition) is 0. The normalized spacial score (nSPS) is 22.0. The molecule has 0 saturated carbocycles. The first-order valence-electron chi connectivity index (χ1n) is 5.20. The van der Waals surface area contributed by atoms with Crippen LogP contribution in [0.5, 0.6) is 0 Å². The first-order valence-corrected chi connectivity index (χ1v) is 5.20. The van der Waals surface area contributed by atoms with Gasteiger partial charge in [-0.25, -0.2) is 0 Å². The molecule has 1 aliphatic rings. The third kappa shape index (κ3) is 2.46. The number of likely N-dealkylation sites (tertiary alicyclic amines) is 1. The molecule has 2 nitrogen and oxygen atoms in total. The Balaban J connectivity index is 2.25. The summed E-state index contributed by atoms with van der Waals surface area (Å²) in [4.78, 5) is 5.02. The Morgan fingerprint density at radius 1 is 1.25 bits per heavy atom. The van der Waals surface area contributed by atoms with Crippen molar-refractivity contribution in [2.75, 3.05) is 33.2 Å². The highest BCUT2D eigenvalue weighted by atomic mass is 15.2. The summed E-state index contributed by atoms with van der Waals surface area (Å²) in [5.74, 6) is 0. The van der Waals surface area contributed by atoms with E-state index in [1.165, 1.54) is 39.0 Å². The van der Waals surface area contributed by atoms with Gasteiger partial charge in [0.25, 0.3) is 0 Å². The van der Waals surface area contributed by atoms with Crippen molar-refractivity contribution >= 4 is 0 Å². The first kappa shape index (κ1) is 10.0. The lowest BCUT2D eigenvalue weighted by atomic mass is 10.0. The molecule has 72 valence electrons. The molecule has 0 unspecified atom stereocenters. The predicted molar refractivity (Wildman–Crippen MR) is 53.4 cm³/mol. The molecule has 1 rings (SSSR count). The lowest BCUT2D eigenvalue weighted by molar-refractivity contribution is 0.136. The zero-order valence-corrected chi connectivity index (χ0v) is 8.71. The largest absolute Gasteiger partial charge is 0.304 e. The van der Waals surface area contributed by atoms with Crippen molar-refractivity contribution in [1.29, 1.82) is 0 Å². The van der Waals surface area contributed by atoms with E-state index in [2.05, 4.69) is 30.7 Å². The standard InChI is InChI=1S/C10H22N2/c1-4-11(3)10-6-8-12(5-2)9-7-10/h10H,4-9H2,1-3H3. The third-order valence-corrected chi connectivity index (χ3v) is 3.13. The van der Waals surface area contributed by atoms with Gasteiger partial charge in [-0.3, -0.25) is 0 Å². The smallest absolute Gasteiger partial charge is 0.0116 e. The molecule has 2 heteroatoms. The Labute approximate surface area is 76.5 Å². The van der Waals surface area contributed by atoms with Crippen molar-refractivity contribution in [1.82, 2.24) is 9.80 Å². The molecule has 0 aliphatic carbocycles. The summed E-state index contributed by atoms with van der Waals surface area (Å²) >= 11 is 0. The average molecular weight is 170 g/mol. The predicted octanol–water partition coefficient (Wildman–Crippen LogP) is 1.42. The van der Waals surface area contributed by atoms with E-state index in [1.54, 1.807) is 0 Å². The second-order valence-corrected chi connectivity index (χ2v) is 3.74. The van der Waals surface area contributed by atoms with Gasteiger partial charge in [0.1, 0.15) is 0 Å². The van der Waals surface area contributed by atoms with E-state index in [0.29, 0.717) is 0 Å². The zero-order chi connectivity index (χ0) is 8.97. The SMILES string of the molecule is CCN1CCC(N(C)CC)CC1. The van der Waals surface area contributed by atoms with E-state index in [4.69, 9.17) is 0 Å². The van der Waals surface area contributed by atoms with Crippen LogP contribution in [0.3, 0.4) is 0 Å². The van der Waals surface area contributed by atoms with Crippen molar-refractivity contribution in [2.24, 2.45) is 0 Å². The summed E-state index contributed by atoms with van der Waals surface area (Å²) in [5, 5.41) is 0.